The third-order valence-electron chi connectivity index (χ3n) is 3.87. The van der Waals surface area contributed by atoms with Gasteiger partial charge in [0.1, 0.15) is 10.6 Å². The maximum Gasteiger partial charge on any atom is 0.189 e. The predicted octanol–water partition coefficient (Wildman–Crippen LogP) is 2.55. The van der Waals surface area contributed by atoms with Crippen LogP contribution in [0, 0.1) is 12.8 Å². The van der Waals surface area contributed by atoms with Crippen LogP contribution >= 0.6 is 11.6 Å². The molecule has 0 atom stereocenters. The Labute approximate surface area is 118 Å². The molecule has 106 valence electrons. The first kappa shape index (κ1) is 14.6. The van der Waals surface area contributed by atoms with Crippen LogP contribution in [0.1, 0.15) is 19.4 Å². The summed E-state index contributed by atoms with van der Waals surface area (Å²) < 4.78 is 29.6. The standard InChI is InChI=1S/C13H17ClO4S/c1-8-4-5-10(14)12(11(8)15)19(16,17)13(2,3)9-6-18-7-9/h4-5,9,15H,6-7H2,1-3H3. The summed E-state index contributed by atoms with van der Waals surface area (Å²) in [6.07, 6.45) is 0. The fraction of sp³-hybridized carbons (Fsp3) is 0.538. The van der Waals surface area contributed by atoms with E-state index in [-0.39, 0.29) is 21.6 Å². The number of halogens is 1. The molecule has 0 aromatic heterocycles. The Morgan fingerprint density at radius 1 is 1.37 bits per heavy atom. The fourth-order valence-electron chi connectivity index (χ4n) is 2.02. The van der Waals surface area contributed by atoms with Crippen molar-refractivity contribution in [3.8, 4) is 5.75 Å². The van der Waals surface area contributed by atoms with Gasteiger partial charge in [-0.2, -0.15) is 0 Å². The van der Waals surface area contributed by atoms with Crippen LogP contribution in [-0.2, 0) is 14.6 Å². The maximum atomic E-state index is 12.8. The Hall–Kier alpha value is -0.780. The van der Waals surface area contributed by atoms with Gasteiger partial charge in [-0.15, -0.1) is 0 Å². The minimum absolute atomic E-state index is 0.0522. The minimum atomic E-state index is -3.74. The summed E-state index contributed by atoms with van der Waals surface area (Å²) in [6.45, 7) is 5.76. The number of benzene rings is 1. The second kappa shape index (κ2) is 4.65. The average Bonchev–Trinajstić information content (AvgIpc) is 2.20. The van der Waals surface area contributed by atoms with Crippen LogP contribution in [0.25, 0.3) is 0 Å². The molecule has 1 aliphatic heterocycles. The molecule has 1 aromatic carbocycles. The van der Waals surface area contributed by atoms with E-state index >= 15 is 0 Å². The lowest BCUT2D eigenvalue weighted by molar-refractivity contribution is -0.0468. The molecule has 0 radical (unpaired) electrons. The summed E-state index contributed by atoms with van der Waals surface area (Å²) in [7, 11) is -3.74. The molecule has 1 fully saturated rings. The fourth-order valence-corrected chi connectivity index (χ4v) is 4.32. The minimum Gasteiger partial charge on any atom is -0.506 e. The molecule has 0 spiro atoms. The van der Waals surface area contributed by atoms with Crippen LogP contribution in [-0.4, -0.2) is 31.5 Å². The lowest BCUT2D eigenvalue weighted by atomic mass is 9.93. The van der Waals surface area contributed by atoms with Crippen molar-refractivity contribution < 1.29 is 18.3 Å². The van der Waals surface area contributed by atoms with Gasteiger partial charge in [0, 0.05) is 5.92 Å². The van der Waals surface area contributed by atoms with Gasteiger partial charge in [-0.1, -0.05) is 17.7 Å². The topological polar surface area (TPSA) is 63.6 Å². The van der Waals surface area contributed by atoms with Gasteiger partial charge in [0.25, 0.3) is 0 Å². The van der Waals surface area contributed by atoms with Crippen molar-refractivity contribution in [3.05, 3.63) is 22.7 Å². The number of rotatable bonds is 3. The van der Waals surface area contributed by atoms with Crippen molar-refractivity contribution in [1.82, 2.24) is 0 Å². The number of ether oxygens (including phenoxy) is 1. The van der Waals surface area contributed by atoms with Gasteiger partial charge < -0.3 is 9.84 Å². The van der Waals surface area contributed by atoms with Gasteiger partial charge in [0.05, 0.1) is 23.0 Å². The summed E-state index contributed by atoms with van der Waals surface area (Å²) in [6, 6.07) is 3.09. The summed E-state index contributed by atoms with van der Waals surface area (Å²) in [5.74, 6) is -0.353. The van der Waals surface area contributed by atoms with Crippen molar-refractivity contribution in [2.24, 2.45) is 5.92 Å². The second-order valence-corrected chi connectivity index (χ2v) is 8.26. The van der Waals surface area contributed by atoms with E-state index < -0.39 is 14.6 Å². The first-order valence-corrected chi connectivity index (χ1v) is 7.86. The van der Waals surface area contributed by atoms with Gasteiger partial charge in [-0.3, -0.25) is 0 Å². The largest absolute Gasteiger partial charge is 0.506 e. The Bertz CT molecular complexity index is 603. The van der Waals surface area contributed by atoms with Crippen molar-refractivity contribution >= 4 is 21.4 Å². The van der Waals surface area contributed by atoms with E-state index in [0.717, 1.165) is 0 Å². The van der Waals surface area contributed by atoms with Crippen molar-refractivity contribution in [1.29, 1.82) is 0 Å². The van der Waals surface area contributed by atoms with Crippen LogP contribution in [0.4, 0.5) is 0 Å². The molecule has 2 rings (SSSR count). The van der Waals surface area contributed by atoms with E-state index in [1.165, 1.54) is 6.07 Å². The third kappa shape index (κ3) is 2.14. The molecule has 1 saturated heterocycles. The first-order chi connectivity index (χ1) is 8.69. The van der Waals surface area contributed by atoms with E-state index in [4.69, 9.17) is 16.3 Å². The molecule has 0 unspecified atom stereocenters. The molecule has 1 aromatic rings. The molecule has 0 bridgehead atoms. The molecule has 1 aliphatic rings. The maximum absolute atomic E-state index is 12.8. The van der Waals surface area contributed by atoms with Crippen LogP contribution in [0.15, 0.2) is 17.0 Å². The van der Waals surface area contributed by atoms with Crippen LogP contribution in [0.2, 0.25) is 5.02 Å². The van der Waals surface area contributed by atoms with Gasteiger partial charge in [0.15, 0.2) is 9.84 Å². The molecule has 19 heavy (non-hydrogen) atoms. The molecule has 4 nitrogen and oxygen atoms in total. The molecule has 0 amide bonds. The Morgan fingerprint density at radius 3 is 2.42 bits per heavy atom. The molecular weight excluding hydrogens is 288 g/mol. The predicted molar refractivity (Wildman–Crippen MR) is 73.4 cm³/mol. The van der Waals surface area contributed by atoms with Crippen LogP contribution in [0.3, 0.4) is 0 Å². The van der Waals surface area contributed by atoms with Gasteiger partial charge in [-0.25, -0.2) is 8.42 Å². The molecular formula is C13H17ClO4S. The Morgan fingerprint density at radius 2 is 1.95 bits per heavy atom. The number of aromatic hydroxyl groups is 1. The lowest BCUT2D eigenvalue weighted by Crippen LogP contribution is -2.49. The molecule has 0 saturated carbocycles. The van der Waals surface area contributed by atoms with Crippen LogP contribution < -0.4 is 0 Å². The van der Waals surface area contributed by atoms with Crippen molar-refractivity contribution in [2.45, 2.75) is 30.4 Å². The number of sulfone groups is 1. The van der Waals surface area contributed by atoms with Gasteiger partial charge >= 0.3 is 0 Å². The molecule has 0 aliphatic carbocycles. The Balaban J connectivity index is 2.60. The molecule has 1 N–H and O–H groups in total. The zero-order chi connectivity index (χ0) is 14.4. The second-order valence-electron chi connectivity index (χ2n) is 5.38. The first-order valence-electron chi connectivity index (χ1n) is 6.00. The highest BCUT2D eigenvalue weighted by Crippen LogP contribution is 2.42. The molecule has 1 heterocycles. The van der Waals surface area contributed by atoms with E-state index in [0.29, 0.717) is 18.8 Å². The lowest BCUT2D eigenvalue weighted by Gasteiger charge is -2.39. The van der Waals surface area contributed by atoms with Crippen molar-refractivity contribution in [2.75, 3.05) is 13.2 Å². The van der Waals surface area contributed by atoms with E-state index in [2.05, 4.69) is 0 Å². The number of hydrogen-bond acceptors (Lipinski definition) is 4. The summed E-state index contributed by atoms with van der Waals surface area (Å²) in [4.78, 5) is -0.175. The highest BCUT2D eigenvalue weighted by atomic mass is 35.5. The smallest absolute Gasteiger partial charge is 0.189 e. The van der Waals surface area contributed by atoms with Crippen LogP contribution in [0.5, 0.6) is 5.75 Å². The van der Waals surface area contributed by atoms with Gasteiger partial charge in [0.2, 0.25) is 0 Å². The van der Waals surface area contributed by atoms with Crippen molar-refractivity contribution in [3.63, 3.8) is 0 Å². The highest BCUT2D eigenvalue weighted by molar-refractivity contribution is 7.93. The zero-order valence-electron chi connectivity index (χ0n) is 11.1. The Kier molecular flexibility index (Phi) is 3.58. The SMILES string of the molecule is Cc1ccc(Cl)c(S(=O)(=O)C(C)(C)C2COC2)c1O. The number of phenols is 1. The number of phenolic OH excluding ortho intramolecular Hbond substituents is 1. The summed E-state index contributed by atoms with van der Waals surface area (Å²) in [5, 5.41) is 10.1. The van der Waals surface area contributed by atoms with E-state index in [9.17, 15) is 13.5 Å². The normalized spacial score (nSPS) is 17.3. The zero-order valence-corrected chi connectivity index (χ0v) is 12.7. The summed E-state index contributed by atoms with van der Waals surface area (Å²) >= 11 is 5.99. The van der Waals surface area contributed by atoms with E-state index in [1.807, 2.05) is 0 Å². The number of aryl methyl sites for hydroxylation is 1. The monoisotopic (exact) mass is 304 g/mol. The summed E-state index contributed by atoms with van der Waals surface area (Å²) in [5.41, 5.74) is 0.489. The van der Waals surface area contributed by atoms with E-state index in [1.54, 1.807) is 26.8 Å². The third-order valence-corrected chi connectivity index (χ3v) is 6.96. The highest BCUT2D eigenvalue weighted by Gasteiger charge is 2.47. The molecule has 6 heteroatoms. The quantitative estimate of drug-likeness (QED) is 0.932. The number of hydrogen-bond donors (Lipinski definition) is 1. The average molecular weight is 305 g/mol. The van der Waals surface area contributed by atoms with Gasteiger partial charge in [-0.05, 0) is 32.4 Å².